The van der Waals surface area contributed by atoms with Gasteiger partial charge in [0.2, 0.25) is 0 Å². The third-order valence-corrected chi connectivity index (χ3v) is 2.59. The molecule has 1 N–H and O–H groups in total. The van der Waals surface area contributed by atoms with Crippen molar-refractivity contribution in [1.29, 1.82) is 0 Å². The second-order valence-corrected chi connectivity index (χ2v) is 3.89. The van der Waals surface area contributed by atoms with E-state index in [0.29, 0.717) is 12.6 Å². The summed E-state index contributed by atoms with van der Waals surface area (Å²) >= 11 is 0. The molecule has 106 valence electrons. The molecule has 0 bridgehead atoms. The van der Waals surface area contributed by atoms with E-state index >= 15 is 0 Å². The molecule has 0 fully saturated rings. The number of hydrogen-bond donors (Lipinski definition) is 1. The van der Waals surface area contributed by atoms with Crippen LogP contribution >= 0.6 is 0 Å². The van der Waals surface area contributed by atoms with Crippen LogP contribution < -0.4 is 4.90 Å². The zero-order chi connectivity index (χ0) is 14.6. The highest BCUT2D eigenvalue weighted by atomic mass is 19.4. The van der Waals surface area contributed by atoms with Gasteiger partial charge in [-0.1, -0.05) is 0 Å². The topological polar surface area (TPSA) is 40.5 Å². The van der Waals surface area contributed by atoms with E-state index < -0.39 is 23.5 Å². The Bertz CT molecular complexity index is 460. The van der Waals surface area contributed by atoms with E-state index in [1.165, 1.54) is 4.90 Å². The summed E-state index contributed by atoms with van der Waals surface area (Å²) in [5.74, 6) is -2.06. The van der Waals surface area contributed by atoms with Gasteiger partial charge in [-0.15, -0.1) is 0 Å². The van der Waals surface area contributed by atoms with E-state index in [-0.39, 0.29) is 18.7 Å². The second kappa shape index (κ2) is 5.90. The number of halogens is 4. The number of aliphatic carboxylic acids is 1. The maximum Gasteiger partial charge on any atom is 0.416 e. The minimum Gasteiger partial charge on any atom is -0.481 e. The van der Waals surface area contributed by atoms with Gasteiger partial charge in [-0.05, 0) is 25.1 Å². The van der Waals surface area contributed by atoms with Crippen LogP contribution in [0.15, 0.2) is 18.2 Å². The molecule has 0 unspecified atom stereocenters. The standard InChI is InChI=1S/C12H13F4NO2/c1-2-17(6-5-11(18)19)10-4-3-8(7-9(10)13)12(14,15)16/h3-4,7H,2,5-6H2,1H3,(H,18,19). The van der Waals surface area contributed by atoms with E-state index in [1.54, 1.807) is 6.92 Å². The minimum absolute atomic E-state index is 0.0308. The summed E-state index contributed by atoms with van der Waals surface area (Å²) in [5, 5.41) is 8.56. The van der Waals surface area contributed by atoms with Crippen molar-refractivity contribution >= 4 is 11.7 Å². The average Bonchev–Trinajstić information content (AvgIpc) is 2.29. The molecule has 1 rings (SSSR count). The van der Waals surface area contributed by atoms with Crippen molar-refractivity contribution < 1.29 is 27.5 Å². The van der Waals surface area contributed by atoms with E-state index in [1.807, 2.05) is 0 Å². The number of hydrogen-bond acceptors (Lipinski definition) is 2. The van der Waals surface area contributed by atoms with Gasteiger partial charge in [-0.25, -0.2) is 4.39 Å². The lowest BCUT2D eigenvalue weighted by Gasteiger charge is -2.23. The fourth-order valence-electron chi connectivity index (χ4n) is 1.62. The van der Waals surface area contributed by atoms with Gasteiger partial charge in [0.15, 0.2) is 0 Å². The maximum absolute atomic E-state index is 13.7. The first-order valence-corrected chi connectivity index (χ1v) is 5.59. The monoisotopic (exact) mass is 279 g/mol. The fourth-order valence-corrected chi connectivity index (χ4v) is 1.62. The largest absolute Gasteiger partial charge is 0.481 e. The van der Waals surface area contributed by atoms with Gasteiger partial charge in [0.1, 0.15) is 5.82 Å². The molecule has 0 aromatic heterocycles. The number of alkyl halides is 3. The van der Waals surface area contributed by atoms with Crippen molar-refractivity contribution in [2.24, 2.45) is 0 Å². The SMILES string of the molecule is CCN(CCC(=O)O)c1ccc(C(F)(F)F)cc1F. The highest BCUT2D eigenvalue weighted by molar-refractivity contribution is 5.67. The molecule has 3 nitrogen and oxygen atoms in total. The molecular formula is C12H13F4NO2. The van der Waals surface area contributed by atoms with Crippen LogP contribution in [0.25, 0.3) is 0 Å². The number of rotatable bonds is 5. The number of anilines is 1. The van der Waals surface area contributed by atoms with Crippen molar-refractivity contribution in [2.45, 2.75) is 19.5 Å². The van der Waals surface area contributed by atoms with Crippen molar-refractivity contribution in [2.75, 3.05) is 18.0 Å². The van der Waals surface area contributed by atoms with Gasteiger partial charge in [0.25, 0.3) is 0 Å². The Morgan fingerprint density at radius 3 is 2.42 bits per heavy atom. The normalized spacial score (nSPS) is 11.4. The van der Waals surface area contributed by atoms with E-state index in [2.05, 4.69) is 0 Å². The lowest BCUT2D eigenvalue weighted by molar-refractivity contribution is -0.138. The molecule has 0 heterocycles. The zero-order valence-corrected chi connectivity index (χ0v) is 10.2. The van der Waals surface area contributed by atoms with Crippen LogP contribution in [0, 0.1) is 5.82 Å². The molecule has 0 amide bonds. The Hall–Kier alpha value is -1.79. The molecule has 0 aliphatic heterocycles. The summed E-state index contributed by atoms with van der Waals surface area (Å²) in [6.07, 6.45) is -4.81. The molecule has 0 atom stereocenters. The van der Waals surface area contributed by atoms with Gasteiger partial charge < -0.3 is 10.0 Å². The lowest BCUT2D eigenvalue weighted by atomic mass is 10.1. The van der Waals surface area contributed by atoms with E-state index in [9.17, 15) is 22.4 Å². The van der Waals surface area contributed by atoms with Crippen LogP contribution in [0.1, 0.15) is 18.9 Å². The van der Waals surface area contributed by atoms with Crippen LogP contribution in [-0.4, -0.2) is 24.2 Å². The summed E-state index contributed by atoms with van der Waals surface area (Å²) in [4.78, 5) is 11.8. The number of carboxylic acid groups (broad SMARTS) is 1. The van der Waals surface area contributed by atoms with Crippen molar-refractivity contribution in [3.63, 3.8) is 0 Å². The number of carboxylic acids is 1. The van der Waals surface area contributed by atoms with Crippen molar-refractivity contribution in [3.8, 4) is 0 Å². The number of nitrogens with zero attached hydrogens (tertiary/aromatic N) is 1. The lowest BCUT2D eigenvalue weighted by Crippen LogP contribution is -2.26. The van der Waals surface area contributed by atoms with Gasteiger partial charge >= 0.3 is 12.1 Å². The zero-order valence-electron chi connectivity index (χ0n) is 10.2. The third kappa shape index (κ3) is 4.11. The van der Waals surface area contributed by atoms with Crippen molar-refractivity contribution in [1.82, 2.24) is 0 Å². The molecule has 0 aliphatic carbocycles. The molecule has 7 heteroatoms. The van der Waals surface area contributed by atoms with E-state index in [4.69, 9.17) is 5.11 Å². The van der Waals surface area contributed by atoms with Gasteiger partial charge in [-0.3, -0.25) is 4.79 Å². The van der Waals surface area contributed by atoms with Crippen LogP contribution in [-0.2, 0) is 11.0 Å². The summed E-state index contributed by atoms with van der Waals surface area (Å²) in [6.45, 7) is 2.00. The molecule has 1 aromatic rings. The third-order valence-electron chi connectivity index (χ3n) is 2.59. The van der Waals surface area contributed by atoms with Crippen LogP contribution in [0.5, 0.6) is 0 Å². The molecule has 0 aliphatic rings. The smallest absolute Gasteiger partial charge is 0.416 e. The molecule has 0 spiro atoms. The summed E-state index contributed by atoms with van der Waals surface area (Å²) in [6, 6.07) is 2.21. The molecule has 0 saturated carbocycles. The molecule has 19 heavy (non-hydrogen) atoms. The number of benzene rings is 1. The Morgan fingerprint density at radius 1 is 1.37 bits per heavy atom. The first-order valence-electron chi connectivity index (χ1n) is 5.59. The summed E-state index contributed by atoms with van der Waals surface area (Å²) < 4.78 is 50.8. The molecule has 0 radical (unpaired) electrons. The quantitative estimate of drug-likeness (QED) is 0.842. The second-order valence-electron chi connectivity index (χ2n) is 3.89. The Balaban J connectivity index is 2.96. The van der Waals surface area contributed by atoms with Crippen LogP contribution in [0.4, 0.5) is 23.2 Å². The molecular weight excluding hydrogens is 266 g/mol. The Morgan fingerprint density at radius 2 is 2.00 bits per heavy atom. The first-order chi connectivity index (χ1) is 8.75. The molecule has 0 saturated heterocycles. The van der Waals surface area contributed by atoms with Crippen LogP contribution in [0.2, 0.25) is 0 Å². The first kappa shape index (κ1) is 15.3. The van der Waals surface area contributed by atoms with E-state index in [0.717, 1.165) is 12.1 Å². The highest BCUT2D eigenvalue weighted by Crippen LogP contribution is 2.32. The maximum atomic E-state index is 13.7. The van der Waals surface area contributed by atoms with Gasteiger partial charge in [-0.2, -0.15) is 13.2 Å². The van der Waals surface area contributed by atoms with Crippen molar-refractivity contribution in [3.05, 3.63) is 29.6 Å². The minimum atomic E-state index is -4.60. The fraction of sp³-hybridized carbons (Fsp3) is 0.417. The summed E-state index contributed by atoms with van der Waals surface area (Å²) in [5.41, 5.74) is -1.10. The molecule has 1 aromatic carbocycles. The Kier molecular flexibility index (Phi) is 4.74. The highest BCUT2D eigenvalue weighted by Gasteiger charge is 2.31. The summed E-state index contributed by atoms with van der Waals surface area (Å²) in [7, 11) is 0. The Labute approximate surface area is 107 Å². The van der Waals surface area contributed by atoms with Gasteiger partial charge in [0.05, 0.1) is 17.7 Å². The van der Waals surface area contributed by atoms with Crippen LogP contribution in [0.3, 0.4) is 0 Å². The predicted molar refractivity (Wildman–Crippen MR) is 61.5 cm³/mol. The average molecular weight is 279 g/mol. The number of carbonyl (C=O) groups is 1. The van der Waals surface area contributed by atoms with Gasteiger partial charge in [0, 0.05) is 13.1 Å². The predicted octanol–water partition coefficient (Wildman–Crippen LogP) is 3.15.